The van der Waals surface area contributed by atoms with Gasteiger partial charge in [0.25, 0.3) is 0 Å². The normalized spacial score (nSPS) is 10.8. The minimum Gasteiger partial charge on any atom is -0.436 e. The number of rotatable bonds is 4. The first kappa shape index (κ1) is 14.4. The van der Waals surface area contributed by atoms with Crippen LogP contribution in [0.15, 0.2) is 33.3 Å². The Bertz CT molecular complexity index is 822. The second-order valence-corrected chi connectivity index (χ2v) is 6.83. The van der Waals surface area contributed by atoms with Crippen LogP contribution in [-0.4, -0.2) is 27.5 Å². The molecule has 3 rings (SSSR count). The lowest BCUT2D eigenvalue weighted by atomic mass is 10.2. The second kappa shape index (κ2) is 6.08. The predicted octanol–water partition coefficient (Wildman–Crippen LogP) is 4.18. The molecule has 2 heterocycles. The molecule has 0 atom stereocenters. The summed E-state index contributed by atoms with van der Waals surface area (Å²) in [5, 5.41) is 0. The Morgan fingerprint density at radius 3 is 2.95 bits per heavy atom. The summed E-state index contributed by atoms with van der Waals surface area (Å²) in [5.74, 6) is 1.04. The van der Waals surface area contributed by atoms with Crippen LogP contribution in [0.5, 0.6) is 11.6 Å². The van der Waals surface area contributed by atoms with Gasteiger partial charge < -0.3 is 4.74 Å². The van der Waals surface area contributed by atoms with Crippen molar-refractivity contribution in [3.8, 4) is 11.6 Å². The third kappa shape index (κ3) is 2.92. The van der Waals surface area contributed by atoms with Gasteiger partial charge in [-0.1, -0.05) is 11.8 Å². The highest BCUT2D eigenvalue weighted by Crippen LogP contribution is 2.36. The van der Waals surface area contributed by atoms with Crippen molar-refractivity contribution in [3.05, 3.63) is 34.6 Å². The number of carbonyl (C=O) groups is 1. The van der Waals surface area contributed by atoms with Gasteiger partial charge in [-0.2, -0.15) is 0 Å². The van der Waals surface area contributed by atoms with Crippen LogP contribution in [0.2, 0.25) is 0 Å². The molecule has 0 unspecified atom stereocenters. The molecule has 2 aromatic heterocycles. The summed E-state index contributed by atoms with van der Waals surface area (Å²) in [6, 6.07) is 5.10. The first-order valence-electron chi connectivity index (χ1n) is 5.79. The maximum absolute atomic E-state index is 10.7. The highest BCUT2D eigenvalue weighted by Gasteiger charge is 2.13. The number of thioether (sulfide) groups is 1. The zero-order chi connectivity index (χ0) is 14.8. The van der Waals surface area contributed by atoms with E-state index < -0.39 is 0 Å². The molecule has 0 spiro atoms. The SMILES string of the molecule is CSc1nc2ncnc(Oc3ccc(C=O)cc3Br)c2s1. The zero-order valence-electron chi connectivity index (χ0n) is 10.7. The quantitative estimate of drug-likeness (QED) is 0.498. The molecule has 21 heavy (non-hydrogen) atoms. The Labute approximate surface area is 136 Å². The molecule has 0 aliphatic rings. The number of hydrogen-bond donors (Lipinski definition) is 0. The van der Waals surface area contributed by atoms with E-state index in [9.17, 15) is 4.79 Å². The van der Waals surface area contributed by atoms with Crippen molar-refractivity contribution in [1.29, 1.82) is 0 Å². The van der Waals surface area contributed by atoms with Crippen LogP contribution < -0.4 is 4.74 Å². The zero-order valence-corrected chi connectivity index (χ0v) is 14.0. The molecule has 0 amide bonds. The molecule has 3 aromatic rings. The Hall–Kier alpha value is -1.51. The summed E-state index contributed by atoms with van der Waals surface area (Å²) in [7, 11) is 0. The van der Waals surface area contributed by atoms with Gasteiger partial charge in [0, 0.05) is 5.56 Å². The van der Waals surface area contributed by atoms with Gasteiger partial charge in [0.05, 0.1) is 4.47 Å². The number of benzene rings is 1. The van der Waals surface area contributed by atoms with Gasteiger partial charge in [-0.3, -0.25) is 4.79 Å². The van der Waals surface area contributed by atoms with E-state index in [-0.39, 0.29) is 0 Å². The summed E-state index contributed by atoms with van der Waals surface area (Å²) in [4.78, 5) is 23.4. The van der Waals surface area contributed by atoms with Crippen molar-refractivity contribution < 1.29 is 9.53 Å². The van der Waals surface area contributed by atoms with Gasteiger partial charge in [-0.25, -0.2) is 15.0 Å². The minimum absolute atomic E-state index is 0.456. The number of halogens is 1. The van der Waals surface area contributed by atoms with E-state index in [4.69, 9.17) is 4.74 Å². The van der Waals surface area contributed by atoms with Gasteiger partial charge in [-0.15, -0.1) is 11.3 Å². The average molecular weight is 382 g/mol. The van der Waals surface area contributed by atoms with Gasteiger partial charge in [0.2, 0.25) is 5.88 Å². The molecule has 0 bridgehead atoms. The molecule has 1 aromatic carbocycles. The van der Waals surface area contributed by atoms with Crippen LogP contribution in [0.3, 0.4) is 0 Å². The fourth-order valence-electron chi connectivity index (χ4n) is 1.65. The molecule has 0 radical (unpaired) electrons. The van der Waals surface area contributed by atoms with Crippen molar-refractivity contribution in [1.82, 2.24) is 15.0 Å². The monoisotopic (exact) mass is 381 g/mol. The number of fused-ring (bicyclic) bond motifs is 1. The largest absolute Gasteiger partial charge is 0.436 e. The lowest BCUT2D eigenvalue weighted by Crippen LogP contribution is -1.91. The number of aromatic nitrogens is 3. The number of ether oxygens (including phenoxy) is 1. The van der Waals surface area contributed by atoms with Crippen molar-refractivity contribution in [2.45, 2.75) is 4.34 Å². The molecule has 0 fully saturated rings. The van der Waals surface area contributed by atoms with E-state index in [0.717, 1.165) is 15.3 Å². The van der Waals surface area contributed by atoms with E-state index >= 15 is 0 Å². The first-order chi connectivity index (χ1) is 10.2. The van der Waals surface area contributed by atoms with Gasteiger partial charge >= 0.3 is 0 Å². The van der Waals surface area contributed by atoms with Crippen LogP contribution in [0, 0.1) is 0 Å². The van der Waals surface area contributed by atoms with Crippen LogP contribution in [0.4, 0.5) is 0 Å². The van der Waals surface area contributed by atoms with E-state index in [1.807, 2.05) is 6.26 Å². The van der Waals surface area contributed by atoms with Crippen molar-refractivity contribution in [2.75, 3.05) is 6.26 Å². The maximum atomic E-state index is 10.7. The summed E-state index contributed by atoms with van der Waals surface area (Å²) < 4.78 is 8.22. The minimum atomic E-state index is 0.456. The Morgan fingerprint density at radius 1 is 1.38 bits per heavy atom. The van der Waals surface area contributed by atoms with E-state index in [1.165, 1.54) is 17.7 Å². The lowest BCUT2D eigenvalue weighted by molar-refractivity contribution is 0.112. The summed E-state index contributed by atoms with van der Waals surface area (Å²) in [6.45, 7) is 0. The van der Waals surface area contributed by atoms with Crippen molar-refractivity contribution >= 4 is 55.7 Å². The number of nitrogens with zero attached hydrogens (tertiary/aromatic N) is 3. The Morgan fingerprint density at radius 2 is 2.24 bits per heavy atom. The molecule has 0 N–H and O–H groups in total. The Kier molecular flexibility index (Phi) is 4.18. The number of carbonyl (C=O) groups excluding carboxylic acids is 1. The molecule has 0 saturated heterocycles. The van der Waals surface area contributed by atoms with E-state index in [2.05, 4.69) is 30.9 Å². The molecule has 0 aliphatic heterocycles. The fraction of sp³-hybridized carbons (Fsp3) is 0.0769. The molecule has 8 heteroatoms. The van der Waals surface area contributed by atoms with Gasteiger partial charge in [0.15, 0.2) is 9.99 Å². The average Bonchev–Trinajstić information content (AvgIpc) is 2.93. The predicted molar refractivity (Wildman–Crippen MR) is 86.6 cm³/mol. The highest BCUT2D eigenvalue weighted by atomic mass is 79.9. The topological polar surface area (TPSA) is 65.0 Å². The third-order valence-corrected chi connectivity index (χ3v) is 5.25. The van der Waals surface area contributed by atoms with E-state index in [0.29, 0.717) is 27.3 Å². The Balaban J connectivity index is 2.01. The summed E-state index contributed by atoms with van der Waals surface area (Å²) in [5.41, 5.74) is 1.19. The molecule has 5 nitrogen and oxygen atoms in total. The molecule has 106 valence electrons. The first-order valence-corrected chi connectivity index (χ1v) is 8.63. The van der Waals surface area contributed by atoms with Crippen LogP contribution in [0.25, 0.3) is 10.3 Å². The number of hydrogen-bond acceptors (Lipinski definition) is 7. The van der Waals surface area contributed by atoms with Crippen molar-refractivity contribution in [3.63, 3.8) is 0 Å². The van der Waals surface area contributed by atoms with E-state index in [1.54, 1.807) is 30.0 Å². The lowest BCUT2D eigenvalue weighted by Gasteiger charge is -2.07. The molecular formula is C13H8BrN3O2S2. The maximum Gasteiger partial charge on any atom is 0.242 e. The van der Waals surface area contributed by atoms with Crippen LogP contribution in [0.1, 0.15) is 10.4 Å². The summed E-state index contributed by atoms with van der Waals surface area (Å²) >= 11 is 6.43. The van der Waals surface area contributed by atoms with Gasteiger partial charge in [0.1, 0.15) is 23.1 Å². The smallest absolute Gasteiger partial charge is 0.242 e. The highest BCUT2D eigenvalue weighted by molar-refractivity contribution is 9.10. The second-order valence-electron chi connectivity index (χ2n) is 3.93. The summed E-state index contributed by atoms with van der Waals surface area (Å²) in [6.07, 6.45) is 4.17. The molecule has 0 aliphatic carbocycles. The number of aldehydes is 1. The van der Waals surface area contributed by atoms with Crippen LogP contribution >= 0.6 is 39.0 Å². The molecule has 0 saturated carbocycles. The molecular weight excluding hydrogens is 374 g/mol. The third-order valence-electron chi connectivity index (χ3n) is 2.61. The fourth-order valence-corrected chi connectivity index (χ4v) is 3.57. The van der Waals surface area contributed by atoms with Crippen molar-refractivity contribution in [2.24, 2.45) is 0 Å². The number of thiazole rings is 1. The van der Waals surface area contributed by atoms with Gasteiger partial charge in [-0.05, 0) is 40.4 Å². The van der Waals surface area contributed by atoms with Crippen LogP contribution in [-0.2, 0) is 0 Å². The standard InChI is InChI=1S/C13H8BrN3O2S2/c1-20-13-17-11-10(21-13)12(16-6-15-11)19-9-3-2-7(5-18)4-8(9)14/h2-6H,1H3.